The highest BCUT2D eigenvalue weighted by Gasteiger charge is 2.42. The highest BCUT2D eigenvalue weighted by Crippen LogP contribution is 2.24. The molecular weight excluding hydrogens is 257 g/mol. The molecule has 0 saturated carbocycles. The van der Waals surface area contributed by atoms with Crippen LogP contribution < -0.4 is 0 Å². The SMILES string of the molecule is CCOC(=O)C(C)(CCOCC(F)(F)F)C(=O)O. The van der Waals surface area contributed by atoms with Crippen molar-refractivity contribution in [2.75, 3.05) is 19.8 Å². The van der Waals surface area contributed by atoms with Gasteiger partial charge in [0.1, 0.15) is 6.61 Å². The molecule has 1 atom stereocenters. The number of hydrogen-bond donors (Lipinski definition) is 1. The number of carboxylic acids is 1. The quantitative estimate of drug-likeness (QED) is 0.433. The van der Waals surface area contributed by atoms with E-state index in [2.05, 4.69) is 9.47 Å². The van der Waals surface area contributed by atoms with Gasteiger partial charge in [-0.2, -0.15) is 13.2 Å². The molecule has 18 heavy (non-hydrogen) atoms. The molecule has 106 valence electrons. The highest BCUT2D eigenvalue weighted by atomic mass is 19.4. The van der Waals surface area contributed by atoms with E-state index < -0.39 is 43.2 Å². The summed E-state index contributed by atoms with van der Waals surface area (Å²) in [5.74, 6) is -2.45. The lowest BCUT2D eigenvalue weighted by molar-refractivity contribution is -0.179. The molecule has 5 nitrogen and oxygen atoms in total. The average molecular weight is 272 g/mol. The van der Waals surface area contributed by atoms with Crippen LogP contribution in [0.25, 0.3) is 0 Å². The van der Waals surface area contributed by atoms with E-state index in [4.69, 9.17) is 5.11 Å². The summed E-state index contributed by atoms with van der Waals surface area (Å²) < 4.78 is 44.2. The van der Waals surface area contributed by atoms with Crippen LogP contribution in [0, 0.1) is 5.41 Å². The summed E-state index contributed by atoms with van der Waals surface area (Å²) in [5.41, 5.74) is -1.90. The minimum atomic E-state index is -4.48. The Balaban J connectivity index is 4.37. The Morgan fingerprint density at radius 1 is 1.28 bits per heavy atom. The van der Waals surface area contributed by atoms with E-state index in [1.54, 1.807) is 0 Å². The number of carbonyl (C=O) groups excluding carboxylic acids is 1. The molecule has 8 heteroatoms. The van der Waals surface area contributed by atoms with Crippen LogP contribution in [0.4, 0.5) is 13.2 Å². The fourth-order valence-electron chi connectivity index (χ4n) is 1.05. The van der Waals surface area contributed by atoms with Gasteiger partial charge in [-0.05, 0) is 20.3 Å². The molecule has 0 radical (unpaired) electrons. The number of hydrogen-bond acceptors (Lipinski definition) is 4. The summed E-state index contributed by atoms with van der Waals surface area (Å²) in [6.45, 7) is 0.600. The number of esters is 1. The Kier molecular flexibility index (Phi) is 6.10. The second-order valence-electron chi connectivity index (χ2n) is 3.78. The van der Waals surface area contributed by atoms with E-state index in [0.29, 0.717) is 0 Å². The second kappa shape index (κ2) is 6.58. The Morgan fingerprint density at radius 2 is 1.83 bits per heavy atom. The van der Waals surface area contributed by atoms with Gasteiger partial charge in [-0.1, -0.05) is 0 Å². The van der Waals surface area contributed by atoms with Gasteiger partial charge >= 0.3 is 18.1 Å². The molecule has 0 aliphatic carbocycles. The van der Waals surface area contributed by atoms with E-state index in [9.17, 15) is 22.8 Å². The molecule has 0 bridgehead atoms. The van der Waals surface area contributed by atoms with Crippen LogP contribution in [0.2, 0.25) is 0 Å². The van der Waals surface area contributed by atoms with Crippen LogP contribution in [-0.4, -0.2) is 43.0 Å². The molecule has 0 aromatic rings. The maximum absolute atomic E-state index is 11.8. The number of aliphatic carboxylic acids is 1. The van der Waals surface area contributed by atoms with Crippen LogP contribution in [0.1, 0.15) is 20.3 Å². The van der Waals surface area contributed by atoms with Crippen molar-refractivity contribution in [1.29, 1.82) is 0 Å². The Hall–Kier alpha value is -1.31. The van der Waals surface area contributed by atoms with Crippen LogP contribution in [0.5, 0.6) is 0 Å². The van der Waals surface area contributed by atoms with Gasteiger partial charge in [-0.3, -0.25) is 9.59 Å². The fraction of sp³-hybridized carbons (Fsp3) is 0.800. The number of alkyl halides is 3. The van der Waals surface area contributed by atoms with Crippen molar-refractivity contribution in [3.8, 4) is 0 Å². The Bertz CT molecular complexity index is 302. The summed E-state index contributed by atoms with van der Waals surface area (Å²) in [6.07, 6.45) is -4.87. The van der Waals surface area contributed by atoms with Gasteiger partial charge in [0.2, 0.25) is 0 Å². The van der Waals surface area contributed by atoms with E-state index in [0.717, 1.165) is 6.92 Å². The zero-order valence-electron chi connectivity index (χ0n) is 10.0. The van der Waals surface area contributed by atoms with E-state index in [1.165, 1.54) is 6.92 Å². The molecule has 0 amide bonds. The van der Waals surface area contributed by atoms with E-state index in [-0.39, 0.29) is 6.61 Å². The maximum Gasteiger partial charge on any atom is 0.411 e. The third kappa shape index (κ3) is 5.35. The first-order valence-electron chi connectivity index (χ1n) is 5.18. The molecule has 0 spiro atoms. The molecule has 0 fully saturated rings. The number of halogens is 3. The van der Waals surface area contributed by atoms with Gasteiger partial charge in [-0.15, -0.1) is 0 Å². The van der Waals surface area contributed by atoms with Crippen LogP contribution in [-0.2, 0) is 19.1 Å². The Labute approximate surface area is 102 Å². The Morgan fingerprint density at radius 3 is 2.22 bits per heavy atom. The largest absolute Gasteiger partial charge is 0.480 e. The van der Waals surface area contributed by atoms with Crippen molar-refractivity contribution in [1.82, 2.24) is 0 Å². The number of rotatable bonds is 7. The number of carbonyl (C=O) groups is 2. The fourth-order valence-corrected chi connectivity index (χ4v) is 1.05. The van der Waals surface area contributed by atoms with Gasteiger partial charge in [0.15, 0.2) is 5.41 Å². The minimum Gasteiger partial charge on any atom is -0.480 e. The summed E-state index contributed by atoms with van der Waals surface area (Å²) in [6, 6.07) is 0. The summed E-state index contributed by atoms with van der Waals surface area (Å²) in [4.78, 5) is 22.4. The van der Waals surface area contributed by atoms with E-state index >= 15 is 0 Å². The minimum absolute atomic E-state index is 0.00882. The van der Waals surface area contributed by atoms with Crippen molar-refractivity contribution >= 4 is 11.9 Å². The number of ether oxygens (including phenoxy) is 2. The maximum atomic E-state index is 11.8. The van der Waals surface area contributed by atoms with Gasteiger partial charge in [0.25, 0.3) is 0 Å². The molecule has 0 rings (SSSR count). The first-order valence-corrected chi connectivity index (χ1v) is 5.18. The average Bonchev–Trinajstić information content (AvgIpc) is 2.22. The van der Waals surface area contributed by atoms with Crippen molar-refractivity contribution < 1.29 is 37.3 Å². The first-order chi connectivity index (χ1) is 8.13. The predicted molar refractivity (Wildman–Crippen MR) is 53.9 cm³/mol. The zero-order valence-corrected chi connectivity index (χ0v) is 10.0. The molecule has 0 heterocycles. The van der Waals surface area contributed by atoms with E-state index in [1.807, 2.05) is 0 Å². The predicted octanol–water partition coefficient (Wildman–Crippen LogP) is 1.61. The highest BCUT2D eigenvalue weighted by molar-refractivity contribution is 5.98. The molecule has 0 aliphatic rings. The molecule has 0 aromatic heterocycles. The lowest BCUT2D eigenvalue weighted by atomic mass is 9.87. The van der Waals surface area contributed by atoms with Crippen molar-refractivity contribution in [2.45, 2.75) is 26.4 Å². The third-order valence-corrected chi connectivity index (χ3v) is 2.21. The number of carboxylic acid groups (broad SMARTS) is 1. The smallest absolute Gasteiger partial charge is 0.411 e. The zero-order chi connectivity index (χ0) is 14.4. The van der Waals surface area contributed by atoms with Gasteiger partial charge in [-0.25, -0.2) is 0 Å². The van der Waals surface area contributed by atoms with Crippen LogP contribution in [0.15, 0.2) is 0 Å². The van der Waals surface area contributed by atoms with Crippen LogP contribution in [0.3, 0.4) is 0 Å². The van der Waals surface area contributed by atoms with Gasteiger partial charge in [0, 0.05) is 6.61 Å². The normalized spacial score (nSPS) is 14.9. The van der Waals surface area contributed by atoms with Crippen molar-refractivity contribution in [2.24, 2.45) is 5.41 Å². The summed E-state index contributed by atoms with van der Waals surface area (Å²) in [5, 5.41) is 8.91. The molecular formula is C10H15F3O5. The molecule has 1 N–H and O–H groups in total. The van der Waals surface area contributed by atoms with Crippen molar-refractivity contribution in [3.63, 3.8) is 0 Å². The van der Waals surface area contributed by atoms with Gasteiger partial charge < -0.3 is 14.6 Å². The monoisotopic (exact) mass is 272 g/mol. The lowest BCUT2D eigenvalue weighted by Crippen LogP contribution is -2.39. The lowest BCUT2D eigenvalue weighted by Gasteiger charge is -2.22. The molecule has 1 unspecified atom stereocenters. The standard InChI is InChI=1S/C10H15F3O5/c1-3-18-8(16)9(2,7(14)15)4-5-17-6-10(11,12)13/h3-6H2,1-2H3,(H,14,15). The second-order valence-corrected chi connectivity index (χ2v) is 3.78. The van der Waals surface area contributed by atoms with Gasteiger partial charge in [0.05, 0.1) is 6.61 Å². The third-order valence-electron chi connectivity index (χ3n) is 2.21. The van der Waals surface area contributed by atoms with Crippen LogP contribution >= 0.6 is 0 Å². The first kappa shape index (κ1) is 16.7. The molecule has 0 aliphatic heterocycles. The summed E-state index contributed by atoms with van der Waals surface area (Å²) in [7, 11) is 0. The summed E-state index contributed by atoms with van der Waals surface area (Å²) >= 11 is 0. The topological polar surface area (TPSA) is 72.8 Å². The molecule has 0 saturated heterocycles. The van der Waals surface area contributed by atoms with Crippen molar-refractivity contribution in [3.05, 3.63) is 0 Å². The molecule has 0 aromatic carbocycles.